The van der Waals surface area contributed by atoms with Crippen molar-refractivity contribution in [1.29, 1.82) is 0 Å². The van der Waals surface area contributed by atoms with Crippen molar-refractivity contribution in [3.63, 3.8) is 0 Å². The molecule has 1 atom stereocenters. The summed E-state index contributed by atoms with van der Waals surface area (Å²) in [4.78, 5) is 11.4. The molecule has 1 aliphatic rings. The minimum Gasteiger partial charge on any atom is -0.497 e. The highest BCUT2D eigenvalue weighted by Crippen LogP contribution is 2.30. The molecule has 0 saturated heterocycles. The second-order valence-corrected chi connectivity index (χ2v) is 3.71. The van der Waals surface area contributed by atoms with Gasteiger partial charge in [0.2, 0.25) is 0 Å². The Kier molecular flexibility index (Phi) is 2.99. The smallest absolute Gasteiger partial charge is 0.312 e. The minimum atomic E-state index is -0.228. The van der Waals surface area contributed by atoms with E-state index in [-0.39, 0.29) is 11.9 Å². The molecule has 0 spiro atoms. The van der Waals surface area contributed by atoms with Gasteiger partial charge in [-0.1, -0.05) is 0 Å². The maximum atomic E-state index is 11.4. The third kappa shape index (κ3) is 1.96. The second-order valence-electron chi connectivity index (χ2n) is 3.71. The molecule has 16 heavy (non-hydrogen) atoms. The van der Waals surface area contributed by atoms with Crippen molar-refractivity contribution < 1.29 is 19.0 Å². The zero-order valence-corrected chi connectivity index (χ0v) is 9.36. The molecule has 1 heterocycles. The van der Waals surface area contributed by atoms with E-state index in [2.05, 4.69) is 0 Å². The minimum absolute atomic E-state index is 0.218. The molecule has 2 rings (SSSR count). The van der Waals surface area contributed by atoms with E-state index < -0.39 is 0 Å². The zero-order chi connectivity index (χ0) is 11.5. The van der Waals surface area contributed by atoms with Crippen LogP contribution >= 0.6 is 0 Å². The molecular weight excluding hydrogens is 208 g/mol. The predicted octanol–water partition coefficient (Wildman–Crippen LogP) is 1.42. The lowest BCUT2D eigenvalue weighted by Crippen LogP contribution is -2.29. The molecule has 1 aliphatic heterocycles. The number of carbonyl (C=O) groups is 1. The first-order valence-electron chi connectivity index (χ1n) is 5.12. The van der Waals surface area contributed by atoms with Crippen LogP contribution in [0.3, 0.4) is 0 Å². The molecule has 4 nitrogen and oxygen atoms in total. The van der Waals surface area contributed by atoms with Gasteiger partial charge in [-0.05, 0) is 30.2 Å². The maximum Gasteiger partial charge on any atom is 0.312 e. The summed E-state index contributed by atoms with van der Waals surface area (Å²) >= 11 is 0. The molecule has 0 saturated carbocycles. The third-order valence-electron chi connectivity index (χ3n) is 2.71. The largest absolute Gasteiger partial charge is 0.497 e. The molecule has 86 valence electrons. The van der Waals surface area contributed by atoms with E-state index in [1.807, 2.05) is 18.2 Å². The van der Waals surface area contributed by atoms with E-state index in [0.29, 0.717) is 13.0 Å². The molecule has 0 unspecified atom stereocenters. The van der Waals surface area contributed by atoms with Gasteiger partial charge < -0.3 is 14.2 Å². The number of methoxy groups -OCH3 is 2. The number of ether oxygens (including phenoxy) is 3. The Morgan fingerprint density at radius 2 is 2.25 bits per heavy atom. The summed E-state index contributed by atoms with van der Waals surface area (Å²) in [5.41, 5.74) is 0.987. The van der Waals surface area contributed by atoms with Crippen molar-refractivity contribution >= 4 is 5.97 Å². The highest BCUT2D eigenvalue weighted by Gasteiger charge is 2.26. The molecule has 1 aromatic rings. The summed E-state index contributed by atoms with van der Waals surface area (Å²) in [6.45, 7) is 0.381. The highest BCUT2D eigenvalue weighted by atomic mass is 16.5. The van der Waals surface area contributed by atoms with Crippen LogP contribution in [0.25, 0.3) is 0 Å². The van der Waals surface area contributed by atoms with Crippen LogP contribution in [-0.4, -0.2) is 26.8 Å². The van der Waals surface area contributed by atoms with Gasteiger partial charge in [-0.3, -0.25) is 4.79 Å². The van der Waals surface area contributed by atoms with E-state index in [9.17, 15) is 4.79 Å². The maximum absolute atomic E-state index is 11.4. The van der Waals surface area contributed by atoms with E-state index in [1.54, 1.807) is 7.11 Å². The van der Waals surface area contributed by atoms with Crippen LogP contribution in [0.4, 0.5) is 0 Å². The molecule has 0 N–H and O–H groups in total. The quantitative estimate of drug-likeness (QED) is 0.710. The number of rotatable bonds is 2. The summed E-state index contributed by atoms with van der Waals surface area (Å²) in [5, 5.41) is 0. The average Bonchev–Trinajstić information content (AvgIpc) is 2.36. The van der Waals surface area contributed by atoms with Crippen molar-refractivity contribution in [2.45, 2.75) is 6.42 Å². The van der Waals surface area contributed by atoms with Gasteiger partial charge in [-0.15, -0.1) is 0 Å². The van der Waals surface area contributed by atoms with Gasteiger partial charge in [0, 0.05) is 0 Å². The van der Waals surface area contributed by atoms with Crippen LogP contribution in [0.15, 0.2) is 18.2 Å². The van der Waals surface area contributed by atoms with Crippen LogP contribution < -0.4 is 9.47 Å². The van der Waals surface area contributed by atoms with Gasteiger partial charge in [0.15, 0.2) is 0 Å². The predicted molar refractivity (Wildman–Crippen MR) is 57.7 cm³/mol. The van der Waals surface area contributed by atoms with Crippen molar-refractivity contribution in [3.8, 4) is 11.5 Å². The van der Waals surface area contributed by atoms with Gasteiger partial charge >= 0.3 is 5.97 Å². The van der Waals surface area contributed by atoms with Crippen LogP contribution in [0.2, 0.25) is 0 Å². The first-order valence-corrected chi connectivity index (χ1v) is 5.12. The van der Waals surface area contributed by atoms with Crippen molar-refractivity contribution in [2.24, 2.45) is 5.92 Å². The molecule has 0 aromatic heterocycles. The molecule has 0 radical (unpaired) electrons. The molecule has 0 aliphatic carbocycles. The molecule has 1 aromatic carbocycles. The van der Waals surface area contributed by atoms with Crippen LogP contribution in [0.5, 0.6) is 11.5 Å². The molecule has 0 amide bonds. The van der Waals surface area contributed by atoms with Crippen LogP contribution in [0.1, 0.15) is 5.56 Å². The fourth-order valence-electron chi connectivity index (χ4n) is 1.82. The van der Waals surface area contributed by atoms with E-state index >= 15 is 0 Å². The van der Waals surface area contributed by atoms with Crippen molar-refractivity contribution in [1.82, 2.24) is 0 Å². The number of hydrogen-bond donors (Lipinski definition) is 0. The van der Waals surface area contributed by atoms with Gasteiger partial charge in [-0.2, -0.15) is 0 Å². The Hall–Kier alpha value is -1.71. The Bertz CT molecular complexity index is 400. The molecule has 4 heteroatoms. The topological polar surface area (TPSA) is 44.8 Å². The molecular formula is C12H14O4. The Morgan fingerprint density at radius 1 is 1.44 bits per heavy atom. The first kappa shape index (κ1) is 10.8. The summed E-state index contributed by atoms with van der Waals surface area (Å²) in [7, 11) is 3.01. The lowest BCUT2D eigenvalue weighted by Gasteiger charge is -2.23. The number of carbonyl (C=O) groups excluding carboxylic acids is 1. The number of esters is 1. The van der Waals surface area contributed by atoms with Gasteiger partial charge in [0.25, 0.3) is 0 Å². The van der Waals surface area contributed by atoms with Crippen LogP contribution in [0, 0.1) is 5.92 Å². The molecule has 0 bridgehead atoms. The van der Waals surface area contributed by atoms with Gasteiger partial charge in [0.1, 0.15) is 18.1 Å². The zero-order valence-electron chi connectivity index (χ0n) is 9.36. The normalized spacial score (nSPS) is 18.2. The van der Waals surface area contributed by atoms with E-state index in [0.717, 1.165) is 17.1 Å². The average molecular weight is 222 g/mol. The summed E-state index contributed by atoms with van der Waals surface area (Å²) < 4.78 is 15.3. The monoisotopic (exact) mass is 222 g/mol. The molecule has 0 fully saturated rings. The SMILES string of the molecule is COC(=O)[C@@H]1COc2ccc(OC)cc2C1. The van der Waals surface area contributed by atoms with Gasteiger partial charge in [-0.25, -0.2) is 0 Å². The van der Waals surface area contributed by atoms with Gasteiger partial charge in [0.05, 0.1) is 20.1 Å². The lowest BCUT2D eigenvalue weighted by molar-refractivity contribution is -0.146. The van der Waals surface area contributed by atoms with E-state index in [1.165, 1.54) is 7.11 Å². The lowest BCUT2D eigenvalue weighted by atomic mass is 9.97. The Morgan fingerprint density at radius 3 is 2.94 bits per heavy atom. The fraction of sp³-hybridized carbons (Fsp3) is 0.417. The summed E-state index contributed by atoms with van der Waals surface area (Å²) in [6.07, 6.45) is 0.638. The standard InChI is InChI=1S/C12H14O4/c1-14-10-3-4-11-8(6-10)5-9(7-16-11)12(13)15-2/h3-4,6,9H,5,7H2,1-2H3/t9-/m0/s1. The van der Waals surface area contributed by atoms with E-state index in [4.69, 9.17) is 14.2 Å². The highest BCUT2D eigenvalue weighted by molar-refractivity contribution is 5.73. The fourth-order valence-corrected chi connectivity index (χ4v) is 1.82. The summed E-state index contributed by atoms with van der Waals surface area (Å²) in [6, 6.07) is 5.60. The summed E-state index contributed by atoms with van der Waals surface area (Å²) in [5.74, 6) is 1.15. The number of benzene rings is 1. The number of hydrogen-bond acceptors (Lipinski definition) is 4. The Labute approximate surface area is 94.1 Å². The van der Waals surface area contributed by atoms with Crippen molar-refractivity contribution in [3.05, 3.63) is 23.8 Å². The van der Waals surface area contributed by atoms with Crippen molar-refractivity contribution in [2.75, 3.05) is 20.8 Å². The van der Waals surface area contributed by atoms with Crippen LogP contribution in [-0.2, 0) is 16.0 Å². The third-order valence-corrected chi connectivity index (χ3v) is 2.71. The Balaban J connectivity index is 2.21. The number of fused-ring (bicyclic) bond motifs is 1. The second kappa shape index (κ2) is 4.43. The first-order chi connectivity index (χ1) is 7.74.